The van der Waals surface area contributed by atoms with Crippen molar-refractivity contribution in [3.8, 4) is 0 Å². The van der Waals surface area contributed by atoms with Gasteiger partial charge in [-0.3, -0.25) is 9.55 Å². The molecule has 1 rings (SSSR count). The molecule has 0 spiro atoms. The zero-order chi connectivity index (χ0) is 6.91. The summed E-state index contributed by atoms with van der Waals surface area (Å²) in [5, 5.41) is 0. The van der Waals surface area contributed by atoms with Crippen LogP contribution in [0.25, 0.3) is 0 Å². The van der Waals surface area contributed by atoms with E-state index in [9.17, 15) is 8.42 Å². The van der Waals surface area contributed by atoms with Crippen molar-refractivity contribution >= 4 is 16.6 Å². The molecule has 0 aromatic carbocycles. The predicted octanol–water partition coefficient (Wildman–Crippen LogP) is -0.990. The zero-order valence-corrected chi connectivity index (χ0v) is 5.30. The maximum atomic E-state index is 10.2. The van der Waals surface area contributed by atoms with Crippen LogP contribution in [0.5, 0.6) is 0 Å². The fourth-order valence-corrected chi connectivity index (χ4v) is 0.960. The Kier molecular flexibility index (Phi) is 1.42. The van der Waals surface area contributed by atoms with Crippen LogP contribution in [0.1, 0.15) is 0 Å². The van der Waals surface area contributed by atoms with Crippen LogP contribution in [-0.4, -0.2) is 36.7 Å². The molecule has 1 radical (unpaired) electrons. The molecule has 6 heteroatoms. The second kappa shape index (κ2) is 1.96. The van der Waals surface area contributed by atoms with Crippen LogP contribution in [-0.2, 0) is 10.3 Å². The van der Waals surface area contributed by atoms with Crippen molar-refractivity contribution in [3.63, 3.8) is 0 Å². The molecule has 0 bridgehead atoms. The van der Waals surface area contributed by atoms with Crippen molar-refractivity contribution in [2.24, 2.45) is 4.99 Å². The summed E-state index contributed by atoms with van der Waals surface area (Å²) in [6, 6.07) is 0. The lowest BCUT2D eigenvalue weighted by Crippen LogP contribution is -2.26. The van der Waals surface area contributed by atoms with Gasteiger partial charge in [0.25, 0.3) is 0 Å². The smallest absolute Gasteiger partial charge is 0.269 e. The molecule has 51 valence electrons. The Morgan fingerprint density at radius 2 is 2.33 bits per heavy atom. The van der Waals surface area contributed by atoms with Crippen molar-refractivity contribution in [2.45, 2.75) is 0 Å². The maximum Gasteiger partial charge on any atom is 0.361 e. The van der Waals surface area contributed by atoms with Crippen LogP contribution in [0, 0.1) is 0 Å². The number of rotatable bonds is 1. The van der Waals surface area contributed by atoms with E-state index >= 15 is 0 Å². The van der Waals surface area contributed by atoms with Gasteiger partial charge in [0.2, 0.25) is 0 Å². The number of hydrogen-bond donors (Lipinski definition) is 1. The first-order chi connectivity index (χ1) is 4.11. The summed E-state index contributed by atoms with van der Waals surface area (Å²) in [7, 11) is -4.07. The normalized spacial score (nSPS) is 19.0. The first kappa shape index (κ1) is 6.50. The molecular formula is C3H5N2O3S. The van der Waals surface area contributed by atoms with Gasteiger partial charge in [-0.1, -0.05) is 0 Å². The fraction of sp³-hybridized carbons (Fsp3) is 0.667. The Balaban J connectivity index is 2.76. The van der Waals surface area contributed by atoms with E-state index in [0.717, 1.165) is 0 Å². The summed E-state index contributed by atoms with van der Waals surface area (Å²) in [6.45, 7) is 0.568. The lowest BCUT2D eigenvalue weighted by molar-refractivity contribution is 0.432. The van der Waals surface area contributed by atoms with E-state index in [4.69, 9.17) is 4.55 Å². The van der Waals surface area contributed by atoms with E-state index in [0.29, 0.717) is 10.8 Å². The summed E-state index contributed by atoms with van der Waals surface area (Å²) < 4.78 is 29.3. The van der Waals surface area contributed by atoms with Crippen molar-refractivity contribution < 1.29 is 13.0 Å². The molecule has 1 aliphatic heterocycles. The SMILES string of the molecule is O=S(=O)(O)N1[C]=NCC1. The molecule has 0 saturated heterocycles. The summed E-state index contributed by atoms with van der Waals surface area (Å²) in [5.41, 5.74) is 0. The van der Waals surface area contributed by atoms with Gasteiger partial charge in [-0.25, -0.2) is 4.31 Å². The molecular weight excluding hydrogens is 144 g/mol. The standard InChI is InChI=1S/C3H5N2O3S/c6-9(7,8)5-2-1-4-3-5/h1-2H2,(H,6,7,8). The minimum Gasteiger partial charge on any atom is -0.269 e. The van der Waals surface area contributed by atoms with Gasteiger partial charge in [-0.15, -0.1) is 0 Å². The van der Waals surface area contributed by atoms with Gasteiger partial charge in [0, 0.05) is 0 Å². The van der Waals surface area contributed by atoms with Crippen LogP contribution in [0.15, 0.2) is 4.99 Å². The van der Waals surface area contributed by atoms with Gasteiger partial charge in [0.15, 0.2) is 6.34 Å². The number of aliphatic imine (C=N–C) groups is 1. The van der Waals surface area contributed by atoms with Crippen LogP contribution >= 0.6 is 0 Å². The fourth-order valence-electron chi connectivity index (χ4n) is 0.487. The van der Waals surface area contributed by atoms with E-state index in [2.05, 4.69) is 11.3 Å². The van der Waals surface area contributed by atoms with Crippen LogP contribution in [0.2, 0.25) is 0 Å². The molecule has 0 atom stereocenters. The summed E-state index contributed by atoms with van der Waals surface area (Å²) >= 11 is 0. The van der Waals surface area contributed by atoms with Crippen LogP contribution < -0.4 is 0 Å². The molecule has 0 saturated carbocycles. The lowest BCUT2D eigenvalue weighted by Gasteiger charge is -2.05. The highest BCUT2D eigenvalue weighted by Gasteiger charge is 2.18. The molecule has 9 heavy (non-hydrogen) atoms. The summed E-state index contributed by atoms with van der Waals surface area (Å²) in [4.78, 5) is 3.47. The van der Waals surface area contributed by atoms with E-state index in [-0.39, 0.29) is 6.54 Å². The van der Waals surface area contributed by atoms with Crippen molar-refractivity contribution in [1.82, 2.24) is 4.31 Å². The first-order valence-corrected chi connectivity index (χ1v) is 3.68. The van der Waals surface area contributed by atoms with E-state index in [1.54, 1.807) is 0 Å². The molecule has 1 N–H and O–H groups in total. The molecule has 0 fully saturated rings. The van der Waals surface area contributed by atoms with Gasteiger partial charge in [-0.05, 0) is 0 Å². The second-order valence-electron chi connectivity index (χ2n) is 1.53. The average molecular weight is 149 g/mol. The molecule has 0 aliphatic carbocycles. The molecule has 5 nitrogen and oxygen atoms in total. The molecule has 1 heterocycles. The topological polar surface area (TPSA) is 70.0 Å². The molecule has 1 aliphatic rings. The summed E-state index contributed by atoms with van der Waals surface area (Å²) in [5.74, 6) is 0. The zero-order valence-electron chi connectivity index (χ0n) is 4.48. The van der Waals surface area contributed by atoms with Gasteiger partial charge in [0.05, 0.1) is 13.1 Å². The second-order valence-corrected chi connectivity index (χ2v) is 2.87. The minimum absolute atomic E-state index is 0.193. The third kappa shape index (κ3) is 1.39. The van der Waals surface area contributed by atoms with Gasteiger partial charge >= 0.3 is 10.3 Å². The van der Waals surface area contributed by atoms with E-state index in [1.165, 1.54) is 0 Å². The Labute approximate surface area is 52.9 Å². The third-order valence-electron chi connectivity index (χ3n) is 0.876. The maximum absolute atomic E-state index is 10.2. The van der Waals surface area contributed by atoms with E-state index in [1.807, 2.05) is 0 Å². The lowest BCUT2D eigenvalue weighted by atomic mass is 10.7. The Hall–Kier alpha value is -0.620. The monoisotopic (exact) mass is 149 g/mol. The first-order valence-electron chi connectivity index (χ1n) is 2.28. The predicted molar refractivity (Wildman–Crippen MR) is 30.6 cm³/mol. The Morgan fingerprint density at radius 3 is 2.56 bits per heavy atom. The highest BCUT2D eigenvalue weighted by molar-refractivity contribution is 7.83. The Morgan fingerprint density at radius 1 is 1.67 bits per heavy atom. The molecule has 0 aromatic rings. The van der Waals surface area contributed by atoms with Crippen LogP contribution in [0.4, 0.5) is 0 Å². The van der Waals surface area contributed by atoms with E-state index < -0.39 is 10.3 Å². The third-order valence-corrected chi connectivity index (χ3v) is 1.70. The summed E-state index contributed by atoms with van der Waals surface area (Å²) in [6.07, 6.45) is 2.12. The van der Waals surface area contributed by atoms with Crippen molar-refractivity contribution in [2.75, 3.05) is 13.1 Å². The Bertz CT molecular complexity index is 219. The quantitative estimate of drug-likeness (QED) is 0.486. The van der Waals surface area contributed by atoms with Crippen molar-refractivity contribution in [1.29, 1.82) is 0 Å². The van der Waals surface area contributed by atoms with Gasteiger partial charge < -0.3 is 0 Å². The molecule has 0 amide bonds. The highest BCUT2D eigenvalue weighted by atomic mass is 32.2. The van der Waals surface area contributed by atoms with Gasteiger partial charge in [-0.2, -0.15) is 8.42 Å². The molecule has 0 unspecified atom stereocenters. The average Bonchev–Trinajstić information content (AvgIpc) is 2.08. The largest absolute Gasteiger partial charge is 0.361 e. The highest BCUT2D eigenvalue weighted by Crippen LogP contribution is 1.97. The number of hydrogen-bond acceptors (Lipinski definition) is 3. The van der Waals surface area contributed by atoms with Crippen molar-refractivity contribution in [3.05, 3.63) is 0 Å². The van der Waals surface area contributed by atoms with Gasteiger partial charge in [0.1, 0.15) is 0 Å². The minimum atomic E-state index is -4.07. The molecule has 0 aromatic heterocycles. The van der Waals surface area contributed by atoms with Crippen LogP contribution in [0.3, 0.4) is 0 Å². The number of nitrogens with zero attached hydrogens (tertiary/aromatic N) is 2.